The Morgan fingerprint density at radius 1 is 1.26 bits per heavy atom. The maximum absolute atomic E-state index is 5.93. The normalized spacial score (nSPS) is 10.3. The minimum atomic E-state index is 0.361. The zero-order valence-corrected chi connectivity index (χ0v) is 11.4. The number of rotatable bonds is 5. The molecule has 0 spiro atoms. The number of hydrogen-bond acceptors (Lipinski definition) is 4. The van der Waals surface area contributed by atoms with Crippen LogP contribution < -0.4 is 15.2 Å². The molecule has 0 atom stereocenters. The molecule has 0 fully saturated rings. The van der Waals surface area contributed by atoms with Crippen LogP contribution in [0.5, 0.6) is 11.6 Å². The second-order valence-electron chi connectivity index (χ2n) is 3.95. The van der Waals surface area contributed by atoms with Crippen LogP contribution in [0, 0.1) is 0 Å². The van der Waals surface area contributed by atoms with Gasteiger partial charge in [-0.3, -0.25) is 0 Å². The van der Waals surface area contributed by atoms with Crippen molar-refractivity contribution in [3.8, 4) is 11.6 Å². The van der Waals surface area contributed by atoms with Crippen molar-refractivity contribution in [2.24, 2.45) is 5.73 Å². The van der Waals surface area contributed by atoms with Crippen LogP contribution in [0.1, 0.15) is 11.1 Å². The van der Waals surface area contributed by atoms with Crippen molar-refractivity contribution in [1.29, 1.82) is 0 Å². The second-order valence-corrected chi connectivity index (χ2v) is 4.36. The van der Waals surface area contributed by atoms with Crippen LogP contribution in [0.2, 0.25) is 5.02 Å². The number of pyridine rings is 1. The average molecular weight is 279 g/mol. The Bertz CT molecular complexity index is 544. The molecule has 100 valence electrons. The summed E-state index contributed by atoms with van der Waals surface area (Å²) in [5, 5.41) is 0.555. The highest BCUT2D eigenvalue weighted by Gasteiger charge is 2.03. The fraction of sp³-hybridized carbons (Fsp3) is 0.214. The van der Waals surface area contributed by atoms with Crippen LogP contribution in [0.4, 0.5) is 0 Å². The topological polar surface area (TPSA) is 57.4 Å². The van der Waals surface area contributed by atoms with Gasteiger partial charge in [0.15, 0.2) is 0 Å². The van der Waals surface area contributed by atoms with Crippen molar-refractivity contribution < 1.29 is 9.47 Å². The van der Waals surface area contributed by atoms with Crippen LogP contribution in [-0.2, 0) is 13.2 Å². The minimum absolute atomic E-state index is 0.361. The van der Waals surface area contributed by atoms with E-state index < -0.39 is 0 Å². The number of benzene rings is 1. The largest absolute Gasteiger partial charge is 0.497 e. The molecule has 2 aromatic rings. The maximum atomic E-state index is 5.93. The van der Waals surface area contributed by atoms with Gasteiger partial charge < -0.3 is 15.2 Å². The van der Waals surface area contributed by atoms with Gasteiger partial charge in [0.1, 0.15) is 12.4 Å². The van der Waals surface area contributed by atoms with E-state index in [4.69, 9.17) is 26.8 Å². The number of hydrogen-bond donors (Lipinski definition) is 1. The van der Waals surface area contributed by atoms with Crippen molar-refractivity contribution in [3.05, 3.63) is 52.7 Å². The van der Waals surface area contributed by atoms with Gasteiger partial charge >= 0.3 is 0 Å². The first-order valence-corrected chi connectivity index (χ1v) is 6.21. The van der Waals surface area contributed by atoms with Gasteiger partial charge in [0.25, 0.3) is 0 Å². The number of halogens is 1. The number of nitrogens with two attached hydrogens (primary N) is 1. The van der Waals surface area contributed by atoms with E-state index in [1.54, 1.807) is 19.4 Å². The molecule has 0 aliphatic carbocycles. The average Bonchev–Trinajstić information content (AvgIpc) is 2.47. The fourth-order valence-electron chi connectivity index (χ4n) is 1.57. The Hall–Kier alpha value is -1.78. The van der Waals surface area contributed by atoms with Crippen LogP contribution in [0.3, 0.4) is 0 Å². The van der Waals surface area contributed by atoms with E-state index in [9.17, 15) is 0 Å². The molecule has 19 heavy (non-hydrogen) atoms. The van der Waals surface area contributed by atoms with Crippen molar-refractivity contribution in [3.63, 3.8) is 0 Å². The highest BCUT2D eigenvalue weighted by molar-refractivity contribution is 6.31. The summed E-state index contributed by atoms with van der Waals surface area (Å²) >= 11 is 5.93. The lowest BCUT2D eigenvalue weighted by Crippen LogP contribution is -2.01. The van der Waals surface area contributed by atoms with Gasteiger partial charge in [0, 0.05) is 18.8 Å². The number of aromatic nitrogens is 1. The highest BCUT2D eigenvalue weighted by atomic mass is 35.5. The Morgan fingerprint density at radius 3 is 2.63 bits per heavy atom. The van der Waals surface area contributed by atoms with Crippen molar-refractivity contribution in [2.45, 2.75) is 13.2 Å². The molecule has 0 saturated heterocycles. The predicted octanol–water partition coefficient (Wildman–Crippen LogP) is 2.78. The Labute approximate surface area is 117 Å². The summed E-state index contributed by atoms with van der Waals surface area (Å²) in [6.45, 7) is 0.795. The monoisotopic (exact) mass is 278 g/mol. The molecule has 0 saturated carbocycles. The summed E-state index contributed by atoms with van der Waals surface area (Å²) in [5.74, 6) is 1.33. The Morgan fingerprint density at radius 2 is 2.00 bits per heavy atom. The summed E-state index contributed by atoms with van der Waals surface area (Å²) < 4.78 is 10.7. The van der Waals surface area contributed by atoms with Gasteiger partial charge in [-0.25, -0.2) is 4.98 Å². The first-order chi connectivity index (χ1) is 9.22. The molecule has 5 heteroatoms. The second kappa shape index (κ2) is 6.41. The lowest BCUT2D eigenvalue weighted by molar-refractivity contribution is 0.293. The van der Waals surface area contributed by atoms with Gasteiger partial charge in [-0.15, -0.1) is 0 Å². The van der Waals surface area contributed by atoms with E-state index in [1.165, 1.54) is 0 Å². The van der Waals surface area contributed by atoms with Crippen LogP contribution >= 0.6 is 11.6 Å². The molecule has 4 nitrogen and oxygen atoms in total. The first-order valence-electron chi connectivity index (χ1n) is 5.83. The summed E-state index contributed by atoms with van der Waals surface area (Å²) in [6, 6.07) is 9.42. The molecule has 2 N–H and O–H groups in total. The molecule has 0 unspecified atom stereocenters. The molecule has 0 amide bonds. The molecular weight excluding hydrogens is 264 g/mol. The molecule has 0 bridgehead atoms. The SMILES string of the molecule is COc1ccc(COc2cc(CN)c(Cl)cn2)cc1. The lowest BCUT2D eigenvalue weighted by atomic mass is 10.2. The molecule has 0 aliphatic rings. The molecule has 0 radical (unpaired) electrons. The standard InChI is InChI=1S/C14H15ClN2O2/c1-18-12-4-2-10(3-5-12)9-19-14-6-11(7-16)13(15)8-17-14/h2-6,8H,7,9,16H2,1H3. The smallest absolute Gasteiger partial charge is 0.213 e. The van der Waals surface area contributed by atoms with E-state index in [1.807, 2.05) is 24.3 Å². The first kappa shape index (κ1) is 13.6. The summed E-state index contributed by atoms with van der Waals surface area (Å²) in [7, 11) is 1.64. The van der Waals surface area contributed by atoms with Gasteiger partial charge in [-0.1, -0.05) is 23.7 Å². The van der Waals surface area contributed by atoms with Crippen LogP contribution in [-0.4, -0.2) is 12.1 Å². The molecule has 1 aromatic heterocycles. The summed E-state index contributed by atoms with van der Waals surface area (Å²) in [5.41, 5.74) is 7.43. The van der Waals surface area contributed by atoms with Crippen LogP contribution in [0.15, 0.2) is 36.5 Å². The van der Waals surface area contributed by atoms with Gasteiger partial charge in [-0.05, 0) is 23.3 Å². The number of nitrogens with zero attached hydrogens (tertiary/aromatic N) is 1. The lowest BCUT2D eigenvalue weighted by Gasteiger charge is -2.08. The van der Waals surface area contributed by atoms with Crippen molar-refractivity contribution in [1.82, 2.24) is 4.98 Å². The third-order valence-electron chi connectivity index (χ3n) is 2.68. The Balaban J connectivity index is 2.01. The maximum Gasteiger partial charge on any atom is 0.213 e. The predicted molar refractivity (Wildman–Crippen MR) is 74.5 cm³/mol. The molecule has 0 aliphatic heterocycles. The molecule has 1 heterocycles. The number of ether oxygens (including phenoxy) is 2. The third-order valence-corrected chi connectivity index (χ3v) is 3.02. The fourth-order valence-corrected chi connectivity index (χ4v) is 1.75. The highest BCUT2D eigenvalue weighted by Crippen LogP contribution is 2.20. The van der Waals surface area contributed by atoms with E-state index in [0.29, 0.717) is 24.1 Å². The molecule has 1 aromatic carbocycles. The molecule has 2 rings (SSSR count). The third kappa shape index (κ3) is 3.59. The van der Waals surface area contributed by atoms with E-state index in [2.05, 4.69) is 4.98 Å². The van der Waals surface area contributed by atoms with E-state index in [-0.39, 0.29) is 0 Å². The van der Waals surface area contributed by atoms with Crippen molar-refractivity contribution in [2.75, 3.05) is 7.11 Å². The summed E-state index contributed by atoms with van der Waals surface area (Å²) in [4.78, 5) is 4.10. The Kier molecular flexibility index (Phi) is 4.60. The van der Waals surface area contributed by atoms with Crippen LogP contribution in [0.25, 0.3) is 0 Å². The summed E-state index contributed by atoms with van der Waals surface area (Å²) in [6.07, 6.45) is 1.55. The van der Waals surface area contributed by atoms with Gasteiger partial charge in [0.2, 0.25) is 5.88 Å². The van der Waals surface area contributed by atoms with Crippen molar-refractivity contribution >= 4 is 11.6 Å². The van der Waals surface area contributed by atoms with Gasteiger partial charge in [0.05, 0.1) is 12.1 Å². The number of methoxy groups -OCH3 is 1. The zero-order valence-electron chi connectivity index (χ0n) is 10.6. The van der Waals surface area contributed by atoms with E-state index in [0.717, 1.165) is 16.9 Å². The quantitative estimate of drug-likeness (QED) is 0.914. The van der Waals surface area contributed by atoms with E-state index >= 15 is 0 Å². The minimum Gasteiger partial charge on any atom is -0.497 e. The zero-order chi connectivity index (χ0) is 13.7. The van der Waals surface area contributed by atoms with Gasteiger partial charge in [-0.2, -0.15) is 0 Å². The molecular formula is C14H15ClN2O2.